The van der Waals surface area contributed by atoms with Gasteiger partial charge in [0, 0.05) is 10.9 Å². The van der Waals surface area contributed by atoms with Crippen molar-refractivity contribution in [2.24, 2.45) is 0 Å². The molecule has 210 valence electrons. The van der Waals surface area contributed by atoms with Crippen LogP contribution in [0.3, 0.4) is 0 Å². The summed E-state index contributed by atoms with van der Waals surface area (Å²) in [5, 5.41) is 20.6. The maximum Gasteiger partial charge on any atom is 0.325 e. The second-order valence-corrected chi connectivity index (χ2v) is 12.0. The summed E-state index contributed by atoms with van der Waals surface area (Å²) < 4.78 is 34.4. The first-order valence-electron chi connectivity index (χ1n) is 12.7. The normalized spacial score (nSPS) is 18.1. The molecule has 0 bridgehead atoms. The fraction of sp³-hybridized carbons (Fsp3) is 0.161. The fourth-order valence-corrected chi connectivity index (χ4v) is 6.88. The topological polar surface area (TPSA) is 121 Å². The van der Waals surface area contributed by atoms with Crippen molar-refractivity contribution >= 4 is 33.6 Å². The van der Waals surface area contributed by atoms with E-state index in [1.54, 1.807) is 60.7 Å². The van der Waals surface area contributed by atoms with Crippen LogP contribution in [0, 0.1) is 0 Å². The first kappa shape index (κ1) is 28.4. The highest BCUT2D eigenvalue weighted by atomic mass is 35.5. The largest absolute Gasteiger partial charge is 0.489 e. The molecular formula is C31H26ClNO7S. The monoisotopic (exact) mass is 591 g/mol. The Morgan fingerprint density at radius 1 is 0.854 bits per heavy atom. The predicted octanol–water partition coefficient (Wildman–Crippen LogP) is 5.67. The van der Waals surface area contributed by atoms with Gasteiger partial charge in [-0.05, 0) is 59.0 Å². The number of aliphatic carboxylic acids is 2. The maximum absolute atomic E-state index is 13.9. The molecule has 5 rings (SSSR count). The van der Waals surface area contributed by atoms with Gasteiger partial charge in [-0.25, -0.2) is 8.42 Å². The molecule has 0 spiro atoms. The molecule has 2 atom stereocenters. The lowest BCUT2D eigenvalue weighted by Crippen LogP contribution is -2.50. The Hall–Kier alpha value is -4.18. The van der Waals surface area contributed by atoms with Gasteiger partial charge in [-0.1, -0.05) is 84.4 Å². The van der Waals surface area contributed by atoms with Gasteiger partial charge in [-0.2, -0.15) is 4.31 Å². The summed E-state index contributed by atoms with van der Waals surface area (Å²) in [5.74, 6) is -3.31. The molecule has 0 saturated heterocycles. The summed E-state index contributed by atoms with van der Waals surface area (Å²) in [6, 6.07) is 29.1. The third-order valence-electron chi connectivity index (χ3n) is 7.18. The lowest BCUT2D eigenvalue weighted by atomic mass is 10.0. The number of benzene rings is 4. The second-order valence-electron chi connectivity index (χ2n) is 9.73. The van der Waals surface area contributed by atoms with Crippen molar-refractivity contribution in [3.63, 3.8) is 0 Å². The number of carboxylic acid groups (broad SMARTS) is 2. The van der Waals surface area contributed by atoms with E-state index in [0.29, 0.717) is 26.2 Å². The van der Waals surface area contributed by atoms with E-state index < -0.39 is 40.0 Å². The van der Waals surface area contributed by atoms with Crippen molar-refractivity contribution in [2.75, 3.05) is 6.54 Å². The summed E-state index contributed by atoms with van der Waals surface area (Å²) in [6.45, 7) is -0.793. The Kier molecular flexibility index (Phi) is 7.86. The molecule has 8 nitrogen and oxygen atoms in total. The zero-order valence-electron chi connectivity index (χ0n) is 21.7. The van der Waals surface area contributed by atoms with Crippen molar-refractivity contribution in [3.8, 4) is 16.9 Å². The quantitative estimate of drug-likeness (QED) is 0.230. The van der Waals surface area contributed by atoms with Crippen LogP contribution in [0.2, 0.25) is 5.02 Å². The number of nitrogens with zero attached hydrogens (tertiary/aromatic N) is 1. The van der Waals surface area contributed by atoms with Crippen LogP contribution >= 0.6 is 11.6 Å². The smallest absolute Gasteiger partial charge is 0.325 e. The van der Waals surface area contributed by atoms with Gasteiger partial charge in [0.2, 0.25) is 10.0 Å². The molecule has 0 aromatic heterocycles. The minimum absolute atomic E-state index is 0.108. The van der Waals surface area contributed by atoms with E-state index in [1.165, 1.54) is 12.1 Å². The van der Waals surface area contributed by atoms with Crippen molar-refractivity contribution < 1.29 is 33.0 Å². The summed E-state index contributed by atoms with van der Waals surface area (Å²) in [5.41, 5.74) is 0.914. The Morgan fingerprint density at radius 2 is 1.44 bits per heavy atom. The Balaban J connectivity index is 1.48. The van der Waals surface area contributed by atoms with Crippen molar-refractivity contribution in [1.29, 1.82) is 0 Å². The summed E-state index contributed by atoms with van der Waals surface area (Å²) in [4.78, 5) is 24.4. The molecule has 4 aromatic carbocycles. The van der Waals surface area contributed by atoms with E-state index >= 15 is 0 Å². The number of hydrogen-bond donors (Lipinski definition) is 2. The first-order chi connectivity index (χ1) is 19.6. The predicted molar refractivity (Wildman–Crippen MR) is 153 cm³/mol. The minimum Gasteiger partial charge on any atom is -0.489 e. The molecule has 0 amide bonds. The lowest BCUT2D eigenvalue weighted by Gasteiger charge is -2.28. The van der Waals surface area contributed by atoms with E-state index in [1.807, 2.05) is 30.3 Å². The zero-order chi connectivity index (χ0) is 29.2. The molecule has 2 N–H and O–H groups in total. The van der Waals surface area contributed by atoms with E-state index in [2.05, 4.69) is 0 Å². The standard InChI is InChI=1S/C31H26ClNO7S/c32-24-14-10-22(11-15-24)23-12-16-25(17-13-23)41(38,39)33(19-29(34)35)31(30(36)37)18-27(31)26-8-4-5-9-28(26)40-20-21-6-2-1-3-7-21/h1-17,27H,18-20H2,(H,34,35)(H,36,37)/t27-,31+/m0/s1. The molecule has 0 unspecified atom stereocenters. The number of para-hydroxylation sites is 1. The van der Waals surface area contributed by atoms with Crippen LogP contribution < -0.4 is 4.74 Å². The van der Waals surface area contributed by atoms with Crippen LogP contribution in [0.15, 0.2) is 108 Å². The fourth-order valence-electron chi connectivity index (χ4n) is 5.03. The lowest BCUT2D eigenvalue weighted by molar-refractivity contribution is -0.145. The third-order valence-corrected chi connectivity index (χ3v) is 9.33. The van der Waals surface area contributed by atoms with E-state index in [9.17, 15) is 28.2 Å². The van der Waals surface area contributed by atoms with Gasteiger partial charge < -0.3 is 14.9 Å². The van der Waals surface area contributed by atoms with E-state index in [0.717, 1.165) is 11.1 Å². The number of carboxylic acids is 2. The van der Waals surface area contributed by atoms with Gasteiger partial charge in [0.05, 0.1) is 4.90 Å². The van der Waals surface area contributed by atoms with E-state index in [-0.39, 0.29) is 17.9 Å². The van der Waals surface area contributed by atoms with Gasteiger partial charge in [-0.3, -0.25) is 9.59 Å². The molecule has 1 saturated carbocycles. The Morgan fingerprint density at radius 3 is 2.05 bits per heavy atom. The van der Waals surface area contributed by atoms with Crippen molar-refractivity contribution in [1.82, 2.24) is 4.31 Å². The molecule has 0 aliphatic heterocycles. The molecule has 1 aliphatic rings. The van der Waals surface area contributed by atoms with Crippen molar-refractivity contribution in [2.45, 2.75) is 29.4 Å². The second kappa shape index (κ2) is 11.4. The average Bonchev–Trinajstić information content (AvgIpc) is 3.72. The maximum atomic E-state index is 13.9. The summed E-state index contributed by atoms with van der Waals surface area (Å²) >= 11 is 5.96. The first-order valence-corrected chi connectivity index (χ1v) is 14.5. The minimum atomic E-state index is -4.54. The molecule has 1 fully saturated rings. The molecular weight excluding hydrogens is 566 g/mol. The average molecular weight is 592 g/mol. The van der Waals surface area contributed by atoms with Gasteiger partial charge in [-0.15, -0.1) is 0 Å². The zero-order valence-corrected chi connectivity index (χ0v) is 23.3. The SMILES string of the molecule is O=C(O)CN([C@]1(C(=O)O)C[C@H]1c1ccccc1OCc1ccccc1)S(=O)(=O)c1ccc(-c2ccc(Cl)cc2)cc1. The molecule has 10 heteroatoms. The number of sulfonamides is 1. The molecule has 4 aromatic rings. The highest BCUT2D eigenvalue weighted by Crippen LogP contribution is 2.59. The Bertz CT molecular complexity index is 1680. The van der Waals surface area contributed by atoms with E-state index in [4.69, 9.17) is 16.3 Å². The van der Waals surface area contributed by atoms with Gasteiger partial charge in [0.1, 0.15) is 24.4 Å². The highest BCUT2D eigenvalue weighted by Gasteiger charge is 2.69. The number of hydrogen-bond acceptors (Lipinski definition) is 5. The molecule has 41 heavy (non-hydrogen) atoms. The van der Waals surface area contributed by atoms with Crippen LogP contribution in [0.4, 0.5) is 0 Å². The molecule has 0 heterocycles. The van der Waals surface area contributed by atoms with Crippen LogP contribution in [0.5, 0.6) is 5.75 Å². The van der Waals surface area contributed by atoms with Crippen LogP contribution in [-0.4, -0.2) is 47.0 Å². The number of rotatable bonds is 11. The summed E-state index contributed by atoms with van der Waals surface area (Å²) in [6.07, 6.45) is -0.108. The number of ether oxygens (including phenoxy) is 1. The van der Waals surface area contributed by atoms with Crippen molar-refractivity contribution in [3.05, 3.63) is 119 Å². The van der Waals surface area contributed by atoms with Crippen LogP contribution in [-0.2, 0) is 26.2 Å². The number of carbonyl (C=O) groups is 2. The van der Waals surface area contributed by atoms with Crippen LogP contribution in [0.1, 0.15) is 23.5 Å². The Labute approximate surface area is 242 Å². The third kappa shape index (κ3) is 5.69. The molecule has 1 aliphatic carbocycles. The van der Waals surface area contributed by atoms with Gasteiger partial charge >= 0.3 is 11.9 Å². The number of halogens is 1. The van der Waals surface area contributed by atoms with Gasteiger partial charge in [0.15, 0.2) is 0 Å². The highest BCUT2D eigenvalue weighted by molar-refractivity contribution is 7.89. The van der Waals surface area contributed by atoms with Gasteiger partial charge in [0.25, 0.3) is 0 Å². The van der Waals surface area contributed by atoms with Crippen LogP contribution in [0.25, 0.3) is 11.1 Å². The summed E-state index contributed by atoms with van der Waals surface area (Å²) in [7, 11) is -4.54. The molecule has 0 radical (unpaired) electrons.